The molecule has 1 saturated carbocycles. The van der Waals surface area contributed by atoms with Crippen molar-refractivity contribution in [1.29, 1.82) is 0 Å². The molecule has 2 atom stereocenters. The van der Waals surface area contributed by atoms with Crippen LogP contribution in [0, 0.1) is 0 Å². The largest absolute Gasteiger partial charge is 0.297 e. The molecule has 0 amide bonds. The van der Waals surface area contributed by atoms with Gasteiger partial charge in [-0.1, -0.05) is 19.8 Å². The van der Waals surface area contributed by atoms with E-state index >= 15 is 0 Å². The molecule has 0 radical (unpaired) electrons. The highest BCUT2D eigenvalue weighted by molar-refractivity contribution is 7.91. The molecule has 3 heterocycles. The molecule has 1 aliphatic carbocycles. The molecule has 24 heavy (non-hydrogen) atoms. The maximum Gasteiger partial charge on any atom is 0.153 e. The van der Waals surface area contributed by atoms with Crippen LogP contribution in [0.15, 0.2) is 12.1 Å². The first-order valence-electron chi connectivity index (χ1n) is 9.33. The lowest BCUT2D eigenvalue weighted by atomic mass is 10.0. The summed E-state index contributed by atoms with van der Waals surface area (Å²) in [4.78, 5) is 7.76. The molecule has 3 fully saturated rings. The first-order valence-corrected chi connectivity index (χ1v) is 12.0. The van der Waals surface area contributed by atoms with Crippen molar-refractivity contribution >= 4 is 21.2 Å². The third-order valence-electron chi connectivity index (χ3n) is 6.11. The summed E-state index contributed by atoms with van der Waals surface area (Å²) in [6, 6.07) is 4.98. The molecule has 0 aromatic carbocycles. The van der Waals surface area contributed by atoms with Crippen molar-refractivity contribution in [1.82, 2.24) is 9.80 Å². The van der Waals surface area contributed by atoms with E-state index in [9.17, 15) is 8.42 Å². The average molecular weight is 369 g/mol. The second-order valence-corrected chi connectivity index (χ2v) is 10.9. The Morgan fingerprint density at radius 1 is 1.08 bits per heavy atom. The van der Waals surface area contributed by atoms with Crippen molar-refractivity contribution in [2.45, 2.75) is 57.2 Å². The van der Waals surface area contributed by atoms with E-state index in [-0.39, 0.29) is 12.1 Å². The summed E-state index contributed by atoms with van der Waals surface area (Å²) in [6.45, 7) is 6.00. The van der Waals surface area contributed by atoms with E-state index in [2.05, 4.69) is 28.9 Å². The van der Waals surface area contributed by atoms with Gasteiger partial charge in [-0.15, -0.1) is 11.3 Å². The number of hydrogen-bond acceptors (Lipinski definition) is 5. The Labute approximate surface area is 149 Å². The van der Waals surface area contributed by atoms with Crippen LogP contribution >= 0.6 is 11.3 Å². The number of fused-ring (bicyclic) bond motifs is 1. The predicted octanol–water partition coefficient (Wildman–Crippen LogP) is 2.71. The fourth-order valence-corrected chi connectivity index (χ4v) is 8.05. The van der Waals surface area contributed by atoms with Crippen molar-refractivity contribution in [2.75, 3.05) is 31.1 Å². The van der Waals surface area contributed by atoms with E-state index in [4.69, 9.17) is 0 Å². The van der Waals surface area contributed by atoms with E-state index < -0.39 is 9.84 Å². The highest BCUT2D eigenvalue weighted by Crippen LogP contribution is 2.38. The molecule has 6 heteroatoms. The molecular weight excluding hydrogens is 340 g/mol. The molecule has 0 unspecified atom stereocenters. The van der Waals surface area contributed by atoms with E-state index in [0.717, 1.165) is 32.1 Å². The Balaban J connectivity index is 1.48. The minimum Gasteiger partial charge on any atom is -0.297 e. The Bertz CT molecular complexity index is 679. The van der Waals surface area contributed by atoms with Gasteiger partial charge in [-0.25, -0.2) is 8.42 Å². The van der Waals surface area contributed by atoms with Gasteiger partial charge in [0, 0.05) is 41.5 Å². The first-order chi connectivity index (χ1) is 11.6. The van der Waals surface area contributed by atoms with Crippen LogP contribution in [0.2, 0.25) is 0 Å². The smallest absolute Gasteiger partial charge is 0.153 e. The second-order valence-electron chi connectivity index (χ2n) is 7.60. The molecule has 0 N–H and O–H groups in total. The molecule has 1 aromatic heterocycles. The lowest BCUT2D eigenvalue weighted by Gasteiger charge is -2.43. The average Bonchev–Trinajstić information content (AvgIpc) is 3.25. The molecule has 0 spiro atoms. The zero-order chi connectivity index (χ0) is 16.7. The van der Waals surface area contributed by atoms with Crippen LogP contribution < -0.4 is 0 Å². The summed E-state index contributed by atoms with van der Waals surface area (Å²) in [5.41, 5.74) is 0. The van der Waals surface area contributed by atoms with Gasteiger partial charge in [0.25, 0.3) is 0 Å². The predicted molar refractivity (Wildman–Crippen MR) is 99.4 cm³/mol. The number of thiophene rings is 1. The van der Waals surface area contributed by atoms with Crippen molar-refractivity contribution < 1.29 is 8.42 Å². The third-order valence-corrected chi connectivity index (χ3v) is 9.04. The SMILES string of the molecule is CCN1CCN(Cc2ccc(C3CCCC3)s2)[C@H]2CS(=O)(=O)C[C@H]21. The molecular formula is C18H28N2O2S2. The van der Waals surface area contributed by atoms with Crippen LogP contribution in [0.5, 0.6) is 0 Å². The third kappa shape index (κ3) is 3.30. The number of hydrogen-bond donors (Lipinski definition) is 0. The van der Waals surface area contributed by atoms with Gasteiger partial charge in [0.15, 0.2) is 9.84 Å². The number of piperazine rings is 1. The number of nitrogens with zero attached hydrogens (tertiary/aromatic N) is 2. The fraction of sp³-hybridized carbons (Fsp3) is 0.778. The summed E-state index contributed by atoms with van der Waals surface area (Å²) in [6.07, 6.45) is 5.44. The lowest BCUT2D eigenvalue weighted by Crippen LogP contribution is -2.58. The maximum atomic E-state index is 12.2. The van der Waals surface area contributed by atoms with Gasteiger partial charge in [-0.3, -0.25) is 9.80 Å². The van der Waals surface area contributed by atoms with Crippen LogP contribution in [0.3, 0.4) is 0 Å². The molecule has 1 aromatic rings. The van der Waals surface area contributed by atoms with Gasteiger partial charge in [-0.2, -0.15) is 0 Å². The zero-order valence-electron chi connectivity index (χ0n) is 14.5. The molecule has 2 saturated heterocycles. The van der Waals surface area contributed by atoms with Crippen LogP contribution in [-0.2, 0) is 16.4 Å². The fourth-order valence-electron chi connectivity index (χ4n) is 4.79. The summed E-state index contributed by atoms with van der Waals surface area (Å²) >= 11 is 1.96. The van der Waals surface area contributed by atoms with Crippen LogP contribution in [0.4, 0.5) is 0 Å². The van der Waals surface area contributed by atoms with Crippen LogP contribution in [-0.4, -0.2) is 61.4 Å². The van der Waals surface area contributed by atoms with Gasteiger partial charge >= 0.3 is 0 Å². The Morgan fingerprint density at radius 2 is 1.75 bits per heavy atom. The number of likely N-dealkylation sites (N-methyl/N-ethyl adjacent to an activating group) is 1. The van der Waals surface area contributed by atoms with Crippen LogP contribution in [0.25, 0.3) is 0 Å². The highest BCUT2D eigenvalue weighted by atomic mass is 32.2. The monoisotopic (exact) mass is 368 g/mol. The number of sulfone groups is 1. The zero-order valence-corrected chi connectivity index (χ0v) is 16.1. The molecule has 4 rings (SSSR count). The Kier molecular flexibility index (Phi) is 4.75. The molecule has 134 valence electrons. The molecule has 0 bridgehead atoms. The van der Waals surface area contributed by atoms with Crippen molar-refractivity contribution in [3.8, 4) is 0 Å². The maximum absolute atomic E-state index is 12.2. The van der Waals surface area contributed by atoms with Gasteiger partial charge in [0.1, 0.15) is 0 Å². The second kappa shape index (κ2) is 6.71. The number of rotatable bonds is 4. The van der Waals surface area contributed by atoms with Gasteiger partial charge in [-0.05, 0) is 37.4 Å². The molecule has 2 aliphatic heterocycles. The van der Waals surface area contributed by atoms with Crippen molar-refractivity contribution in [2.24, 2.45) is 0 Å². The van der Waals surface area contributed by atoms with E-state index in [1.54, 1.807) is 4.88 Å². The normalized spacial score (nSPS) is 31.5. The van der Waals surface area contributed by atoms with Crippen LogP contribution in [0.1, 0.15) is 48.3 Å². The van der Waals surface area contributed by atoms with Crippen molar-refractivity contribution in [3.05, 3.63) is 21.9 Å². The summed E-state index contributed by atoms with van der Waals surface area (Å²) in [5.74, 6) is 1.47. The Hall–Kier alpha value is -0.430. The quantitative estimate of drug-likeness (QED) is 0.819. The standard InChI is InChI=1S/C18H28N2O2S2/c1-2-19-9-10-20(17-13-24(21,22)12-16(17)19)11-15-7-8-18(23-15)14-5-3-4-6-14/h7-8,14,16-17H,2-6,9-13H2,1H3/t16-,17+/m1/s1. The summed E-state index contributed by atoms with van der Waals surface area (Å²) < 4.78 is 24.4. The van der Waals surface area contributed by atoms with Gasteiger partial charge in [0.05, 0.1) is 11.5 Å². The Morgan fingerprint density at radius 3 is 2.46 bits per heavy atom. The van der Waals surface area contributed by atoms with E-state index in [0.29, 0.717) is 11.5 Å². The topological polar surface area (TPSA) is 40.6 Å². The lowest BCUT2D eigenvalue weighted by molar-refractivity contribution is 0.0445. The minimum absolute atomic E-state index is 0.181. The highest BCUT2D eigenvalue weighted by Gasteiger charge is 2.45. The minimum atomic E-state index is -2.88. The van der Waals surface area contributed by atoms with E-state index in [1.165, 1.54) is 30.6 Å². The van der Waals surface area contributed by atoms with E-state index in [1.807, 2.05) is 11.3 Å². The van der Waals surface area contributed by atoms with Gasteiger partial charge < -0.3 is 0 Å². The molecule has 4 nitrogen and oxygen atoms in total. The molecule has 3 aliphatic rings. The summed E-state index contributed by atoms with van der Waals surface area (Å²) in [7, 11) is -2.88. The van der Waals surface area contributed by atoms with Crippen molar-refractivity contribution in [3.63, 3.8) is 0 Å². The summed E-state index contributed by atoms with van der Waals surface area (Å²) in [5, 5.41) is 0. The van der Waals surface area contributed by atoms with Gasteiger partial charge in [0.2, 0.25) is 0 Å². The first kappa shape index (κ1) is 17.0.